The first kappa shape index (κ1) is 19.4. The number of aromatic nitrogens is 2. The molecule has 0 N–H and O–H groups in total. The lowest BCUT2D eigenvalue weighted by molar-refractivity contribution is 0.132. The predicted molar refractivity (Wildman–Crippen MR) is 106 cm³/mol. The first-order valence-electron chi connectivity index (χ1n) is 8.34. The monoisotopic (exact) mass is 397 g/mol. The van der Waals surface area contributed by atoms with Crippen molar-refractivity contribution in [2.75, 3.05) is 19.0 Å². The third kappa shape index (κ3) is 4.13. The summed E-state index contributed by atoms with van der Waals surface area (Å²) in [4.78, 5) is 11.5. The smallest absolute Gasteiger partial charge is 0.157 e. The number of nitrogens with zero attached hydrogens (tertiary/aromatic N) is 5. The van der Waals surface area contributed by atoms with Gasteiger partial charge in [-0.25, -0.2) is 9.37 Å². The SMILES string of the molecule is CN(C)c1ccnc(-n2cccc2/C=N\OCc2ccc(F)cc2Cl)c1C#N. The third-order valence-corrected chi connectivity index (χ3v) is 4.36. The molecule has 0 aliphatic rings. The summed E-state index contributed by atoms with van der Waals surface area (Å²) in [5.41, 5.74) is 2.54. The fourth-order valence-corrected chi connectivity index (χ4v) is 2.85. The van der Waals surface area contributed by atoms with Crippen molar-refractivity contribution < 1.29 is 9.23 Å². The summed E-state index contributed by atoms with van der Waals surface area (Å²) in [5, 5.41) is 13.8. The number of pyridine rings is 1. The number of anilines is 1. The molecule has 3 aromatic rings. The van der Waals surface area contributed by atoms with Crippen molar-refractivity contribution in [3.63, 3.8) is 0 Å². The summed E-state index contributed by atoms with van der Waals surface area (Å²) in [6.45, 7) is 0.105. The molecule has 142 valence electrons. The Bertz CT molecular complexity index is 1050. The molecule has 0 bridgehead atoms. The van der Waals surface area contributed by atoms with Crippen LogP contribution >= 0.6 is 11.6 Å². The van der Waals surface area contributed by atoms with E-state index in [4.69, 9.17) is 16.4 Å². The molecule has 0 saturated heterocycles. The second-order valence-electron chi connectivity index (χ2n) is 6.08. The van der Waals surface area contributed by atoms with Crippen LogP contribution in [0.3, 0.4) is 0 Å². The van der Waals surface area contributed by atoms with E-state index in [1.165, 1.54) is 18.3 Å². The molecule has 0 aliphatic heterocycles. The van der Waals surface area contributed by atoms with Gasteiger partial charge in [-0.3, -0.25) is 4.57 Å². The second kappa shape index (κ2) is 8.55. The van der Waals surface area contributed by atoms with Gasteiger partial charge in [-0.2, -0.15) is 5.26 Å². The van der Waals surface area contributed by atoms with Crippen molar-refractivity contribution in [2.45, 2.75) is 6.61 Å². The zero-order valence-corrected chi connectivity index (χ0v) is 16.1. The van der Waals surface area contributed by atoms with Crippen molar-refractivity contribution in [1.29, 1.82) is 5.26 Å². The first-order valence-corrected chi connectivity index (χ1v) is 8.72. The molecule has 8 heteroatoms. The molecule has 0 radical (unpaired) electrons. The van der Waals surface area contributed by atoms with Crippen LogP contribution in [0, 0.1) is 17.1 Å². The lowest BCUT2D eigenvalue weighted by Crippen LogP contribution is -2.13. The minimum Gasteiger partial charge on any atom is -0.391 e. The minimum atomic E-state index is -0.407. The van der Waals surface area contributed by atoms with Crippen LogP contribution in [0.1, 0.15) is 16.8 Å². The quantitative estimate of drug-likeness (QED) is 0.463. The normalized spacial score (nSPS) is 10.8. The van der Waals surface area contributed by atoms with E-state index in [2.05, 4.69) is 16.2 Å². The van der Waals surface area contributed by atoms with Gasteiger partial charge in [0, 0.05) is 32.1 Å². The molecular formula is C20H17ClFN5O. The molecule has 0 fully saturated rings. The molecule has 0 unspecified atom stereocenters. The van der Waals surface area contributed by atoms with Gasteiger partial charge in [0.25, 0.3) is 0 Å². The standard InChI is InChI=1S/C20H17ClFN5O/c1-26(2)19-7-8-24-20(17(19)11-23)27-9-3-4-16(27)12-25-28-13-14-5-6-15(22)10-18(14)21/h3-10,12H,13H2,1-2H3/b25-12-. The minimum absolute atomic E-state index is 0.105. The van der Waals surface area contributed by atoms with Crippen molar-refractivity contribution in [2.24, 2.45) is 5.16 Å². The Morgan fingerprint density at radius 3 is 2.89 bits per heavy atom. The Labute approximate surface area is 167 Å². The highest BCUT2D eigenvalue weighted by atomic mass is 35.5. The van der Waals surface area contributed by atoms with Gasteiger partial charge in [-0.05, 0) is 30.3 Å². The summed E-state index contributed by atoms with van der Waals surface area (Å²) < 4.78 is 14.8. The first-order chi connectivity index (χ1) is 13.5. The van der Waals surface area contributed by atoms with E-state index in [9.17, 15) is 9.65 Å². The van der Waals surface area contributed by atoms with Gasteiger partial charge in [0.15, 0.2) is 5.82 Å². The number of oxime groups is 1. The maximum Gasteiger partial charge on any atom is 0.157 e. The molecule has 0 aliphatic carbocycles. The number of benzene rings is 1. The molecule has 28 heavy (non-hydrogen) atoms. The van der Waals surface area contributed by atoms with E-state index < -0.39 is 5.82 Å². The van der Waals surface area contributed by atoms with Crippen molar-refractivity contribution in [3.05, 3.63) is 76.5 Å². The largest absolute Gasteiger partial charge is 0.391 e. The fraction of sp³-hybridized carbons (Fsp3) is 0.150. The zero-order chi connectivity index (χ0) is 20.1. The van der Waals surface area contributed by atoms with E-state index >= 15 is 0 Å². The van der Waals surface area contributed by atoms with Crippen LogP contribution in [0.2, 0.25) is 5.02 Å². The summed E-state index contributed by atoms with van der Waals surface area (Å²) in [6.07, 6.45) is 4.96. The van der Waals surface area contributed by atoms with Crippen LogP contribution < -0.4 is 4.90 Å². The topological polar surface area (TPSA) is 66.4 Å². The van der Waals surface area contributed by atoms with E-state index in [0.717, 1.165) is 5.69 Å². The number of nitriles is 1. The highest BCUT2D eigenvalue weighted by molar-refractivity contribution is 6.31. The second-order valence-corrected chi connectivity index (χ2v) is 6.49. The Balaban J connectivity index is 1.80. The lowest BCUT2D eigenvalue weighted by Gasteiger charge is -2.16. The van der Waals surface area contributed by atoms with Crippen LogP contribution in [0.15, 0.2) is 53.9 Å². The molecule has 0 spiro atoms. The maximum absolute atomic E-state index is 13.1. The molecular weight excluding hydrogens is 381 g/mol. The fourth-order valence-electron chi connectivity index (χ4n) is 2.63. The van der Waals surface area contributed by atoms with Crippen LogP contribution in [-0.4, -0.2) is 29.9 Å². The maximum atomic E-state index is 13.1. The summed E-state index contributed by atoms with van der Waals surface area (Å²) in [6, 6.07) is 11.7. The van der Waals surface area contributed by atoms with Gasteiger partial charge in [0.05, 0.1) is 22.6 Å². The molecule has 1 aromatic carbocycles. The zero-order valence-electron chi connectivity index (χ0n) is 15.3. The number of halogens is 2. The van der Waals surface area contributed by atoms with Crippen LogP contribution in [0.25, 0.3) is 5.82 Å². The van der Waals surface area contributed by atoms with Crippen molar-refractivity contribution >= 4 is 23.5 Å². The van der Waals surface area contributed by atoms with Gasteiger partial charge < -0.3 is 9.74 Å². The summed E-state index contributed by atoms with van der Waals surface area (Å²) in [7, 11) is 3.73. The summed E-state index contributed by atoms with van der Waals surface area (Å²) in [5.74, 6) is 0.0950. The Kier molecular flexibility index (Phi) is 5.92. The highest BCUT2D eigenvalue weighted by Gasteiger charge is 2.14. The van der Waals surface area contributed by atoms with Gasteiger partial charge in [-0.15, -0.1) is 0 Å². The third-order valence-electron chi connectivity index (χ3n) is 4.01. The molecule has 3 rings (SSSR count). The number of hydrogen-bond donors (Lipinski definition) is 0. The Morgan fingerprint density at radius 1 is 1.36 bits per heavy atom. The van der Waals surface area contributed by atoms with E-state index in [0.29, 0.717) is 22.6 Å². The lowest BCUT2D eigenvalue weighted by atomic mass is 10.2. The number of hydrogen-bond acceptors (Lipinski definition) is 5. The average Bonchev–Trinajstić information content (AvgIpc) is 3.14. The Morgan fingerprint density at radius 2 is 2.18 bits per heavy atom. The van der Waals surface area contributed by atoms with Gasteiger partial charge >= 0.3 is 0 Å². The molecule has 0 atom stereocenters. The summed E-state index contributed by atoms with van der Waals surface area (Å²) >= 11 is 5.97. The Hall–Kier alpha value is -3.37. The molecule has 6 nitrogen and oxygen atoms in total. The van der Waals surface area contributed by atoms with Gasteiger partial charge in [-0.1, -0.05) is 22.8 Å². The van der Waals surface area contributed by atoms with E-state index in [1.807, 2.05) is 31.1 Å². The molecule has 2 aromatic heterocycles. The van der Waals surface area contributed by atoms with Crippen LogP contribution in [0.4, 0.5) is 10.1 Å². The van der Waals surface area contributed by atoms with Gasteiger partial charge in [0.1, 0.15) is 24.1 Å². The number of rotatable bonds is 6. The van der Waals surface area contributed by atoms with Crippen molar-refractivity contribution in [1.82, 2.24) is 9.55 Å². The van der Waals surface area contributed by atoms with Crippen molar-refractivity contribution in [3.8, 4) is 11.9 Å². The molecule has 0 amide bonds. The van der Waals surface area contributed by atoms with E-state index in [-0.39, 0.29) is 11.6 Å². The molecule has 0 saturated carbocycles. The average molecular weight is 398 g/mol. The van der Waals surface area contributed by atoms with Crippen LogP contribution in [0.5, 0.6) is 0 Å². The predicted octanol–water partition coefficient (Wildman–Crippen LogP) is 4.15. The highest BCUT2D eigenvalue weighted by Crippen LogP contribution is 2.23. The molecule has 2 heterocycles. The van der Waals surface area contributed by atoms with E-state index in [1.54, 1.807) is 29.1 Å². The van der Waals surface area contributed by atoms with Gasteiger partial charge in [0.2, 0.25) is 0 Å². The van der Waals surface area contributed by atoms with Crippen LogP contribution in [-0.2, 0) is 11.4 Å².